The maximum Gasteiger partial charge on any atom is 0.299 e. The largest absolute Gasteiger partial charge is 0.391 e. The average Bonchev–Trinajstić information content (AvgIpc) is 2.46. The molecular weight excluding hydrogens is 230 g/mol. The number of thiophene rings is 1. The van der Waals surface area contributed by atoms with Crippen LogP contribution < -0.4 is 0 Å². The van der Waals surface area contributed by atoms with Crippen LogP contribution in [-0.2, 0) is 16.4 Å². The molecule has 0 atom stereocenters. The van der Waals surface area contributed by atoms with E-state index in [1.165, 1.54) is 0 Å². The number of hydrogen-bond donors (Lipinski definition) is 1. The number of hydrogen-bond acceptors (Lipinski definition) is 6. The molecule has 78 valence electrons. The highest BCUT2D eigenvalue weighted by Crippen LogP contribution is 2.32. The lowest BCUT2D eigenvalue weighted by Crippen LogP contribution is -1.98. The van der Waals surface area contributed by atoms with E-state index in [-0.39, 0.29) is 9.09 Å². The molecule has 8 heteroatoms. The van der Waals surface area contributed by atoms with Gasteiger partial charge in [-0.05, 0) is 0 Å². The first-order valence-corrected chi connectivity index (χ1v) is 6.15. The third kappa shape index (κ3) is 2.08. The zero-order chi connectivity index (χ0) is 10.9. The van der Waals surface area contributed by atoms with E-state index in [0.29, 0.717) is 11.3 Å². The van der Waals surface area contributed by atoms with Crippen molar-refractivity contribution in [2.75, 3.05) is 6.26 Å². The predicted octanol–water partition coefficient (Wildman–Crippen LogP) is 0.552. The number of sulfone groups is 1. The van der Waals surface area contributed by atoms with Crippen LogP contribution in [0.1, 0.15) is 4.88 Å². The smallest absolute Gasteiger partial charge is 0.299 e. The summed E-state index contributed by atoms with van der Waals surface area (Å²) in [5.41, 5.74) is -0.471. The van der Waals surface area contributed by atoms with Gasteiger partial charge < -0.3 is 5.11 Å². The van der Waals surface area contributed by atoms with Crippen molar-refractivity contribution < 1.29 is 18.4 Å². The van der Waals surface area contributed by atoms with E-state index in [4.69, 9.17) is 5.11 Å². The second kappa shape index (κ2) is 3.64. The molecule has 1 N–H and O–H groups in total. The molecule has 1 aromatic heterocycles. The van der Waals surface area contributed by atoms with Gasteiger partial charge in [0, 0.05) is 17.2 Å². The number of rotatable bonds is 3. The van der Waals surface area contributed by atoms with Crippen molar-refractivity contribution in [1.82, 2.24) is 0 Å². The number of aliphatic hydroxyl groups excluding tert-OH is 1. The second-order valence-electron chi connectivity index (χ2n) is 2.57. The van der Waals surface area contributed by atoms with E-state index in [9.17, 15) is 18.5 Å². The molecule has 0 saturated heterocycles. The van der Waals surface area contributed by atoms with Crippen molar-refractivity contribution in [3.8, 4) is 0 Å². The lowest BCUT2D eigenvalue weighted by Gasteiger charge is -1.91. The summed E-state index contributed by atoms with van der Waals surface area (Å²) < 4.78 is 21.9. The molecule has 6 nitrogen and oxygen atoms in total. The normalized spacial score (nSPS) is 11.6. The van der Waals surface area contributed by atoms with Gasteiger partial charge in [0.15, 0.2) is 14.0 Å². The average molecular weight is 237 g/mol. The predicted molar refractivity (Wildman–Crippen MR) is 50.0 cm³/mol. The topological polar surface area (TPSA) is 97.5 Å². The Balaban J connectivity index is 3.42. The highest BCUT2D eigenvalue weighted by atomic mass is 32.2. The molecule has 1 heterocycles. The molecule has 1 rings (SSSR count). The fourth-order valence-electron chi connectivity index (χ4n) is 0.883. The number of aliphatic hydroxyl groups is 1. The van der Waals surface area contributed by atoms with Gasteiger partial charge in [-0.15, -0.1) is 11.3 Å². The van der Waals surface area contributed by atoms with Crippen LogP contribution in [0.4, 0.5) is 5.69 Å². The second-order valence-corrected chi connectivity index (χ2v) is 5.92. The van der Waals surface area contributed by atoms with E-state index in [0.717, 1.165) is 12.3 Å². The monoisotopic (exact) mass is 237 g/mol. The molecule has 0 aliphatic heterocycles. The van der Waals surface area contributed by atoms with Crippen molar-refractivity contribution in [3.63, 3.8) is 0 Å². The lowest BCUT2D eigenvalue weighted by atomic mass is 10.4. The Hall–Kier alpha value is -0.990. The van der Waals surface area contributed by atoms with Crippen molar-refractivity contribution in [2.45, 2.75) is 10.8 Å². The minimum atomic E-state index is -3.60. The highest BCUT2D eigenvalue weighted by Gasteiger charge is 2.26. The van der Waals surface area contributed by atoms with Crippen LogP contribution in [0.25, 0.3) is 0 Å². The number of nitrogens with zero attached hydrogens (tertiary/aromatic N) is 1. The minimum Gasteiger partial charge on any atom is -0.391 e. The Morgan fingerprint density at radius 3 is 2.50 bits per heavy atom. The van der Waals surface area contributed by atoms with Gasteiger partial charge >= 0.3 is 0 Å². The van der Waals surface area contributed by atoms with Crippen LogP contribution in [0, 0.1) is 10.1 Å². The van der Waals surface area contributed by atoms with Crippen LogP contribution in [-0.4, -0.2) is 24.7 Å². The van der Waals surface area contributed by atoms with Crippen molar-refractivity contribution in [3.05, 3.63) is 21.1 Å². The quantitative estimate of drug-likeness (QED) is 0.611. The van der Waals surface area contributed by atoms with Crippen LogP contribution in [0.15, 0.2) is 10.3 Å². The summed E-state index contributed by atoms with van der Waals surface area (Å²) in [4.78, 5) is 9.95. The van der Waals surface area contributed by atoms with Crippen LogP contribution in [0.3, 0.4) is 0 Å². The van der Waals surface area contributed by atoms with Gasteiger partial charge in [-0.2, -0.15) is 0 Å². The first kappa shape index (κ1) is 11.1. The Morgan fingerprint density at radius 1 is 1.64 bits per heavy atom. The summed E-state index contributed by atoms with van der Waals surface area (Å²) in [5, 5.41) is 19.2. The van der Waals surface area contributed by atoms with Gasteiger partial charge in [0.25, 0.3) is 5.69 Å². The van der Waals surface area contributed by atoms with Crippen LogP contribution >= 0.6 is 11.3 Å². The maximum absolute atomic E-state index is 11.1. The molecule has 0 saturated carbocycles. The summed E-state index contributed by atoms with van der Waals surface area (Å²) in [6.07, 6.45) is 0.896. The van der Waals surface area contributed by atoms with E-state index in [1.807, 2.05) is 0 Å². The van der Waals surface area contributed by atoms with Crippen molar-refractivity contribution >= 4 is 26.9 Å². The Bertz CT molecular complexity index is 461. The van der Waals surface area contributed by atoms with E-state index < -0.39 is 27.1 Å². The zero-order valence-electron chi connectivity index (χ0n) is 7.13. The molecule has 1 aromatic rings. The molecule has 0 fully saturated rings. The molecule has 0 radical (unpaired) electrons. The fraction of sp³-hybridized carbons (Fsp3) is 0.333. The van der Waals surface area contributed by atoms with Gasteiger partial charge in [-0.1, -0.05) is 0 Å². The van der Waals surface area contributed by atoms with E-state index >= 15 is 0 Å². The Labute approximate surface area is 83.9 Å². The lowest BCUT2D eigenvalue weighted by molar-refractivity contribution is -0.387. The first-order valence-electron chi connectivity index (χ1n) is 3.44. The third-order valence-corrected chi connectivity index (χ3v) is 4.36. The van der Waals surface area contributed by atoms with Crippen LogP contribution in [0.2, 0.25) is 0 Å². The number of nitro groups is 1. The van der Waals surface area contributed by atoms with Crippen molar-refractivity contribution in [2.24, 2.45) is 0 Å². The van der Waals surface area contributed by atoms with Gasteiger partial charge in [0.2, 0.25) is 0 Å². The van der Waals surface area contributed by atoms with Crippen molar-refractivity contribution in [1.29, 1.82) is 0 Å². The standard InChI is InChI=1S/C6H7NO5S2/c1-14(11,12)6-5(7(9)10)2-4(3-8)13-6/h2,8H,3H2,1H3. The van der Waals surface area contributed by atoms with Crippen LogP contribution in [0.5, 0.6) is 0 Å². The first-order chi connectivity index (χ1) is 6.36. The molecular formula is C6H7NO5S2. The van der Waals surface area contributed by atoms with E-state index in [1.54, 1.807) is 0 Å². The maximum atomic E-state index is 11.1. The molecule has 0 unspecified atom stereocenters. The summed E-state index contributed by atoms with van der Waals surface area (Å²) in [6, 6.07) is 1.07. The minimum absolute atomic E-state index is 0.261. The summed E-state index contributed by atoms with van der Waals surface area (Å²) in [5.74, 6) is 0. The third-order valence-electron chi connectivity index (χ3n) is 1.42. The molecule has 0 spiro atoms. The molecule has 0 aliphatic rings. The summed E-state index contributed by atoms with van der Waals surface area (Å²) in [6.45, 7) is -0.402. The van der Waals surface area contributed by atoms with Gasteiger partial charge in [0.1, 0.15) is 0 Å². The van der Waals surface area contributed by atoms with Gasteiger partial charge in [-0.3, -0.25) is 10.1 Å². The van der Waals surface area contributed by atoms with E-state index in [2.05, 4.69) is 0 Å². The highest BCUT2D eigenvalue weighted by molar-refractivity contribution is 7.93. The molecule has 0 bridgehead atoms. The summed E-state index contributed by atoms with van der Waals surface area (Å²) >= 11 is 0.715. The van der Waals surface area contributed by atoms with Gasteiger partial charge in [-0.25, -0.2) is 8.42 Å². The Kier molecular flexibility index (Phi) is 2.88. The molecule has 0 amide bonds. The zero-order valence-corrected chi connectivity index (χ0v) is 8.76. The molecule has 14 heavy (non-hydrogen) atoms. The summed E-state index contributed by atoms with van der Waals surface area (Å²) in [7, 11) is -3.60. The fourth-order valence-corrected chi connectivity index (χ4v) is 3.03. The molecule has 0 aliphatic carbocycles. The SMILES string of the molecule is CS(=O)(=O)c1sc(CO)cc1[N+](=O)[O-]. The van der Waals surface area contributed by atoms with Gasteiger partial charge in [0.05, 0.1) is 11.5 Å². The molecule has 0 aromatic carbocycles. The Morgan fingerprint density at radius 2 is 2.21 bits per heavy atom.